The third kappa shape index (κ3) is 3.95. The molecule has 1 fully saturated rings. The van der Waals surface area contributed by atoms with Crippen LogP contribution in [0.5, 0.6) is 5.75 Å². The van der Waals surface area contributed by atoms with Crippen molar-refractivity contribution in [2.45, 2.75) is 26.0 Å². The van der Waals surface area contributed by atoms with Crippen LogP contribution in [0.4, 0.5) is 0 Å². The number of hydrogen-bond donors (Lipinski definition) is 1. The summed E-state index contributed by atoms with van der Waals surface area (Å²) in [5, 5.41) is 3.49. The summed E-state index contributed by atoms with van der Waals surface area (Å²) in [5.74, 6) is 0.899. The summed E-state index contributed by atoms with van der Waals surface area (Å²) in [6, 6.07) is 6.16. The molecule has 0 aromatic heterocycles. The molecule has 5 heteroatoms. The van der Waals surface area contributed by atoms with Gasteiger partial charge in [0.25, 0.3) is 0 Å². The van der Waals surface area contributed by atoms with Crippen LogP contribution < -0.4 is 10.1 Å². The van der Waals surface area contributed by atoms with Gasteiger partial charge in [-0.2, -0.15) is 0 Å². The first-order valence-corrected chi connectivity index (χ1v) is 7.90. The second-order valence-electron chi connectivity index (χ2n) is 4.63. The summed E-state index contributed by atoms with van der Waals surface area (Å²) >= 11 is 3.54. The quantitative estimate of drug-likeness (QED) is 0.861. The molecule has 0 saturated carbocycles. The van der Waals surface area contributed by atoms with E-state index in [4.69, 9.17) is 14.2 Å². The Kier molecular flexibility index (Phi) is 6.29. The Balaban J connectivity index is 2.28. The Morgan fingerprint density at radius 3 is 2.90 bits per heavy atom. The average molecular weight is 344 g/mol. The fraction of sp³-hybridized carbons (Fsp3) is 0.600. The van der Waals surface area contributed by atoms with Gasteiger partial charge in [-0.15, -0.1) is 0 Å². The molecular weight excluding hydrogens is 322 g/mol. The molecule has 1 aliphatic heterocycles. The predicted octanol–water partition coefficient (Wildman–Crippen LogP) is 2.91. The zero-order chi connectivity index (χ0) is 14.4. The Labute approximate surface area is 128 Å². The normalized spacial score (nSPS) is 20.6. The number of rotatable bonds is 6. The molecule has 1 saturated heterocycles. The zero-order valence-corrected chi connectivity index (χ0v) is 13.6. The van der Waals surface area contributed by atoms with Crippen LogP contribution in [0.25, 0.3) is 0 Å². The minimum atomic E-state index is 0.0113. The van der Waals surface area contributed by atoms with Crippen LogP contribution in [0.1, 0.15) is 25.5 Å². The van der Waals surface area contributed by atoms with Crippen molar-refractivity contribution in [3.8, 4) is 5.75 Å². The molecule has 0 radical (unpaired) electrons. The Morgan fingerprint density at radius 2 is 2.25 bits per heavy atom. The van der Waals surface area contributed by atoms with E-state index in [2.05, 4.69) is 34.2 Å². The molecule has 0 spiro atoms. The summed E-state index contributed by atoms with van der Waals surface area (Å²) in [6.45, 7) is 7.52. The summed E-state index contributed by atoms with van der Waals surface area (Å²) in [4.78, 5) is 0. The minimum absolute atomic E-state index is 0.0113. The molecule has 4 nitrogen and oxygen atoms in total. The first-order valence-electron chi connectivity index (χ1n) is 7.11. The second-order valence-corrected chi connectivity index (χ2v) is 5.55. The van der Waals surface area contributed by atoms with Gasteiger partial charge in [-0.05, 0) is 31.7 Å². The highest BCUT2D eigenvalue weighted by Gasteiger charge is 2.28. The third-order valence-electron chi connectivity index (χ3n) is 3.24. The van der Waals surface area contributed by atoms with Crippen molar-refractivity contribution in [1.82, 2.24) is 5.32 Å². The van der Waals surface area contributed by atoms with Gasteiger partial charge in [-0.3, -0.25) is 0 Å². The van der Waals surface area contributed by atoms with Crippen molar-refractivity contribution in [2.75, 3.05) is 33.0 Å². The molecule has 1 heterocycles. The van der Waals surface area contributed by atoms with Gasteiger partial charge in [0.2, 0.25) is 0 Å². The van der Waals surface area contributed by atoms with E-state index in [0.717, 1.165) is 22.3 Å². The standard InChI is InChI=1S/C15H22BrNO3/c1-3-17-15(14-10-18-7-8-20-14)12-9-11(16)5-6-13(12)19-4-2/h5-6,9,14-15,17H,3-4,7-8,10H2,1-2H3. The van der Waals surface area contributed by atoms with Crippen LogP contribution in [0.2, 0.25) is 0 Å². The van der Waals surface area contributed by atoms with E-state index in [9.17, 15) is 0 Å². The number of likely N-dealkylation sites (N-methyl/N-ethyl adjacent to an activating group) is 1. The number of ether oxygens (including phenoxy) is 3. The van der Waals surface area contributed by atoms with Crippen LogP contribution in [-0.2, 0) is 9.47 Å². The Bertz CT molecular complexity index is 422. The van der Waals surface area contributed by atoms with E-state index in [1.807, 2.05) is 19.1 Å². The molecule has 0 aliphatic carbocycles. The van der Waals surface area contributed by atoms with Crippen LogP contribution >= 0.6 is 15.9 Å². The van der Waals surface area contributed by atoms with Crippen LogP contribution in [0.15, 0.2) is 22.7 Å². The van der Waals surface area contributed by atoms with E-state index in [0.29, 0.717) is 26.4 Å². The maximum Gasteiger partial charge on any atom is 0.124 e. The van der Waals surface area contributed by atoms with Gasteiger partial charge in [0.05, 0.1) is 32.5 Å². The highest BCUT2D eigenvalue weighted by atomic mass is 79.9. The summed E-state index contributed by atoms with van der Waals surface area (Å²) < 4.78 is 18.2. The molecule has 1 aromatic carbocycles. The van der Waals surface area contributed by atoms with Crippen molar-refractivity contribution in [3.05, 3.63) is 28.2 Å². The molecule has 1 N–H and O–H groups in total. The number of nitrogens with one attached hydrogen (secondary N) is 1. The zero-order valence-electron chi connectivity index (χ0n) is 12.0. The molecule has 1 aromatic rings. The third-order valence-corrected chi connectivity index (χ3v) is 3.74. The lowest BCUT2D eigenvalue weighted by Gasteiger charge is -2.32. The molecule has 2 unspecified atom stereocenters. The van der Waals surface area contributed by atoms with Crippen molar-refractivity contribution < 1.29 is 14.2 Å². The van der Waals surface area contributed by atoms with E-state index < -0.39 is 0 Å². The SMILES string of the molecule is CCNC(c1cc(Br)ccc1OCC)C1COCCO1. The fourth-order valence-corrected chi connectivity index (χ4v) is 2.79. The lowest BCUT2D eigenvalue weighted by Crippen LogP contribution is -2.40. The lowest BCUT2D eigenvalue weighted by molar-refractivity contribution is -0.102. The van der Waals surface area contributed by atoms with Gasteiger partial charge >= 0.3 is 0 Å². The predicted molar refractivity (Wildman–Crippen MR) is 82.3 cm³/mol. The first kappa shape index (κ1) is 15.8. The fourth-order valence-electron chi connectivity index (χ4n) is 2.41. The van der Waals surface area contributed by atoms with E-state index in [1.54, 1.807) is 0 Å². The Morgan fingerprint density at radius 1 is 1.40 bits per heavy atom. The monoisotopic (exact) mass is 343 g/mol. The van der Waals surface area contributed by atoms with Crippen LogP contribution in [-0.4, -0.2) is 39.1 Å². The first-order chi connectivity index (χ1) is 9.76. The van der Waals surface area contributed by atoms with Crippen molar-refractivity contribution in [2.24, 2.45) is 0 Å². The van der Waals surface area contributed by atoms with E-state index in [1.165, 1.54) is 0 Å². The highest BCUT2D eigenvalue weighted by molar-refractivity contribution is 9.10. The summed E-state index contributed by atoms with van der Waals surface area (Å²) in [5.41, 5.74) is 1.11. The largest absolute Gasteiger partial charge is 0.494 e. The highest BCUT2D eigenvalue weighted by Crippen LogP contribution is 2.32. The lowest BCUT2D eigenvalue weighted by atomic mass is 10.00. The molecule has 2 rings (SSSR count). The maximum absolute atomic E-state index is 5.86. The molecule has 1 aliphatic rings. The van der Waals surface area contributed by atoms with Gasteiger partial charge in [0.15, 0.2) is 0 Å². The molecule has 20 heavy (non-hydrogen) atoms. The van der Waals surface area contributed by atoms with Crippen molar-refractivity contribution >= 4 is 15.9 Å². The summed E-state index contributed by atoms with van der Waals surface area (Å²) in [6.07, 6.45) is 0.0113. The second kappa shape index (κ2) is 7.98. The molecule has 0 amide bonds. The average Bonchev–Trinajstić information content (AvgIpc) is 2.48. The van der Waals surface area contributed by atoms with Gasteiger partial charge in [-0.1, -0.05) is 22.9 Å². The van der Waals surface area contributed by atoms with Crippen molar-refractivity contribution in [1.29, 1.82) is 0 Å². The number of benzene rings is 1. The van der Waals surface area contributed by atoms with Gasteiger partial charge in [-0.25, -0.2) is 0 Å². The number of halogens is 1. The molecule has 0 bridgehead atoms. The molecule has 2 atom stereocenters. The summed E-state index contributed by atoms with van der Waals surface area (Å²) in [7, 11) is 0. The van der Waals surface area contributed by atoms with Gasteiger partial charge in [0.1, 0.15) is 11.9 Å². The Hall–Kier alpha value is -0.620. The van der Waals surface area contributed by atoms with Crippen LogP contribution in [0, 0.1) is 0 Å². The number of hydrogen-bond acceptors (Lipinski definition) is 4. The van der Waals surface area contributed by atoms with Crippen molar-refractivity contribution in [3.63, 3.8) is 0 Å². The van der Waals surface area contributed by atoms with E-state index >= 15 is 0 Å². The smallest absolute Gasteiger partial charge is 0.124 e. The molecular formula is C15H22BrNO3. The topological polar surface area (TPSA) is 39.7 Å². The van der Waals surface area contributed by atoms with Gasteiger partial charge in [0, 0.05) is 10.0 Å². The van der Waals surface area contributed by atoms with Gasteiger partial charge < -0.3 is 19.5 Å². The molecule has 112 valence electrons. The van der Waals surface area contributed by atoms with Crippen LogP contribution in [0.3, 0.4) is 0 Å². The van der Waals surface area contributed by atoms with E-state index in [-0.39, 0.29) is 12.1 Å². The maximum atomic E-state index is 5.86. The minimum Gasteiger partial charge on any atom is -0.494 e.